The van der Waals surface area contributed by atoms with E-state index in [1.54, 1.807) is 12.1 Å². The summed E-state index contributed by atoms with van der Waals surface area (Å²) in [7, 11) is 0. The molecule has 0 radical (unpaired) electrons. The van der Waals surface area contributed by atoms with Gasteiger partial charge in [0.05, 0.1) is 5.52 Å². The first-order valence-electron chi connectivity index (χ1n) is 6.76. The Hall–Kier alpha value is -2.76. The first-order chi connectivity index (χ1) is 10.6. The highest BCUT2D eigenvalue weighted by molar-refractivity contribution is 5.88. The van der Waals surface area contributed by atoms with Crippen molar-refractivity contribution in [2.45, 2.75) is 13.0 Å². The lowest BCUT2D eigenvalue weighted by Crippen LogP contribution is -2.06. The van der Waals surface area contributed by atoms with E-state index in [1.807, 2.05) is 24.3 Å². The van der Waals surface area contributed by atoms with Crippen LogP contribution in [0.1, 0.15) is 17.6 Å². The predicted octanol–water partition coefficient (Wildman–Crippen LogP) is 3.76. The number of nitrogens with one attached hydrogen (secondary N) is 1. The number of nitrogens with two attached hydrogens (primary N) is 1. The quantitative estimate of drug-likeness (QED) is 0.770. The molecule has 0 aliphatic rings. The fourth-order valence-corrected chi connectivity index (χ4v) is 2.14. The zero-order chi connectivity index (χ0) is 15.5. The minimum absolute atomic E-state index is 0.00921. The van der Waals surface area contributed by atoms with Gasteiger partial charge in [-0.05, 0) is 17.7 Å². The van der Waals surface area contributed by atoms with Crippen molar-refractivity contribution in [1.29, 1.82) is 0 Å². The van der Waals surface area contributed by atoms with Gasteiger partial charge in [-0.25, -0.2) is 13.8 Å². The second-order valence-corrected chi connectivity index (χ2v) is 4.85. The summed E-state index contributed by atoms with van der Waals surface area (Å²) in [5, 5.41) is 3.85. The van der Waals surface area contributed by atoms with Gasteiger partial charge < -0.3 is 11.1 Å². The van der Waals surface area contributed by atoms with Gasteiger partial charge in [0.2, 0.25) is 5.95 Å². The number of rotatable bonds is 4. The highest BCUT2D eigenvalue weighted by Crippen LogP contribution is 2.20. The van der Waals surface area contributed by atoms with Crippen LogP contribution >= 0.6 is 0 Å². The number of nitrogen functional groups attached to an aromatic ring is 1. The third kappa shape index (κ3) is 2.95. The number of para-hydroxylation sites is 1. The molecular weight excluding hydrogens is 286 g/mol. The largest absolute Gasteiger partial charge is 0.383 e. The van der Waals surface area contributed by atoms with Crippen molar-refractivity contribution in [2.75, 3.05) is 11.1 Å². The Morgan fingerprint density at radius 3 is 2.45 bits per heavy atom. The summed E-state index contributed by atoms with van der Waals surface area (Å²) < 4.78 is 25.0. The molecule has 2 aromatic carbocycles. The first kappa shape index (κ1) is 14.2. The van der Waals surface area contributed by atoms with Crippen LogP contribution in [0.25, 0.3) is 10.9 Å². The van der Waals surface area contributed by atoms with E-state index in [4.69, 9.17) is 5.73 Å². The second kappa shape index (κ2) is 5.93. The van der Waals surface area contributed by atoms with E-state index in [1.165, 1.54) is 12.1 Å². The van der Waals surface area contributed by atoms with Crippen LogP contribution in [0, 0.1) is 0 Å². The summed E-state index contributed by atoms with van der Waals surface area (Å²) in [6.45, 7) is 0.432. The standard InChI is InChI=1S/C16H14F2N4/c17-14(18)11-7-5-10(6-8-11)9-20-16-21-13-4-2-1-3-12(13)15(19)22-16/h1-8,14H,9H2,(H3,19,20,21,22). The Morgan fingerprint density at radius 2 is 1.73 bits per heavy atom. The van der Waals surface area contributed by atoms with Crippen LogP contribution in [0.15, 0.2) is 48.5 Å². The predicted molar refractivity (Wildman–Crippen MR) is 82.7 cm³/mol. The molecule has 3 N–H and O–H groups in total. The van der Waals surface area contributed by atoms with Crippen molar-refractivity contribution in [3.05, 3.63) is 59.7 Å². The lowest BCUT2D eigenvalue weighted by Gasteiger charge is -2.08. The third-order valence-corrected chi connectivity index (χ3v) is 3.32. The highest BCUT2D eigenvalue weighted by Gasteiger charge is 2.07. The van der Waals surface area contributed by atoms with Gasteiger partial charge in [-0.1, -0.05) is 36.4 Å². The van der Waals surface area contributed by atoms with Gasteiger partial charge in [0.1, 0.15) is 5.82 Å². The molecule has 0 aliphatic heterocycles. The number of hydrogen-bond acceptors (Lipinski definition) is 4. The fourth-order valence-electron chi connectivity index (χ4n) is 2.14. The molecule has 0 aliphatic carbocycles. The molecule has 0 spiro atoms. The van der Waals surface area contributed by atoms with Gasteiger partial charge in [-0.2, -0.15) is 4.98 Å². The lowest BCUT2D eigenvalue weighted by atomic mass is 10.1. The van der Waals surface area contributed by atoms with Gasteiger partial charge in [-0.15, -0.1) is 0 Å². The molecule has 1 aromatic heterocycles. The smallest absolute Gasteiger partial charge is 0.263 e. The molecule has 22 heavy (non-hydrogen) atoms. The minimum Gasteiger partial charge on any atom is -0.383 e. The second-order valence-electron chi connectivity index (χ2n) is 4.85. The first-order valence-corrected chi connectivity index (χ1v) is 6.76. The van der Waals surface area contributed by atoms with Crippen molar-refractivity contribution in [1.82, 2.24) is 9.97 Å². The topological polar surface area (TPSA) is 63.8 Å². The van der Waals surface area contributed by atoms with Gasteiger partial charge in [-0.3, -0.25) is 0 Å². The highest BCUT2D eigenvalue weighted by atomic mass is 19.3. The Bertz CT molecular complexity index is 788. The van der Waals surface area contributed by atoms with E-state index in [0.717, 1.165) is 16.5 Å². The van der Waals surface area contributed by atoms with Crippen LogP contribution < -0.4 is 11.1 Å². The number of alkyl halides is 2. The van der Waals surface area contributed by atoms with E-state index in [-0.39, 0.29) is 5.56 Å². The van der Waals surface area contributed by atoms with Crippen molar-refractivity contribution in [3.63, 3.8) is 0 Å². The summed E-state index contributed by atoms with van der Waals surface area (Å²) in [6.07, 6.45) is -2.45. The molecule has 3 aromatic rings. The van der Waals surface area contributed by atoms with Crippen molar-refractivity contribution in [2.24, 2.45) is 0 Å². The monoisotopic (exact) mass is 300 g/mol. The number of halogens is 2. The van der Waals surface area contributed by atoms with Crippen molar-refractivity contribution < 1.29 is 8.78 Å². The average Bonchev–Trinajstić information content (AvgIpc) is 2.53. The number of hydrogen-bond donors (Lipinski definition) is 2. The Kier molecular flexibility index (Phi) is 3.82. The molecule has 0 unspecified atom stereocenters. The Labute approximate surface area is 126 Å². The fraction of sp³-hybridized carbons (Fsp3) is 0.125. The van der Waals surface area contributed by atoms with E-state index in [9.17, 15) is 8.78 Å². The lowest BCUT2D eigenvalue weighted by molar-refractivity contribution is 0.151. The molecule has 0 saturated carbocycles. The number of aromatic nitrogens is 2. The normalized spacial score (nSPS) is 11.0. The minimum atomic E-state index is -2.45. The van der Waals surface area contributed by atoms with Crippen LogP contribution in [0.4, 0.5) is 20.5 Å². The summed E-state index contributed by atoms with van der Waals surface area (Å²) >= 11 is 0. The zero-order valence-electron chi connectivity index (χ0n) is 11.6. The van der Waals surface area contributed by atoms with E-state index in [2.05, 4.69) is 15.3 Å². The molecule has 0 amide bonds. The summed E-state index contributed by atoms with van der Waals surface area (Å²) in [4.78, 5) is 8.57. The van der Waals surface area contributed by atoms with E-state index >= 15 is 0 Å². The van der Waals surface area contributed by atoms with Crippen molar-refractivity contribution in [3.8, 4) is 0 Å². The maximum Gasteiger partial charge on any atom is 0.263 e. The molecule has 6 heteroatoms. The van der Waals surface area contributed by atoms with E-state index in [0.29, 0.717) is 18.3 Å². The SMILES string of the molecule is Nc1nc(NCc2ccc(C(F)F)cc2)nc2ccccc12. The third-order valence-electron chi connectivity index (χ3n) is 3.32. The summed E-state index contributed by atoms with van der Waals surface area (Å²) in [5.74, 6) is 0.815. The molecule has 0 atom stereocenters. The molecule has 0 saturated heterocycles. The molecular formula is C16H14F2N4. The number of anilines is 2. The maximum atomic E-state index is 12.5. The number of nitrogens with zero attached hydrogens (tertiary/aromatic N) is 2. The van der Waals surface area contributed by atoms with Gasteiger partial charge in [0, 0.05) is 17.5 Å². The van der Waals surface area contributed by atoms with Crippen molar-refractivity contribution >= 4 is 22.7 Å². The molecule has 0 fully saturated rings. The zero-order valence-corrected chi connectivity index (χ0v) is 11.6. The molecule has 4 nitrogen and oxygen atoms in total. The molecule has 3 rings (SSSR count). The van der Waals surface area contributed by atoms with Crippen LogP contribution in [0.3, 0.4) is 0 Å². The number of fused-ring (bicyclic) bond motifs is 1. The summed E-state index contributed by atoms with van der Waals surface area (Å²) in [6, 6.07) is 13.6. The van der Waals surface area contributed by atoms with Crippen LogP contribution in [-0.2, 0) is 6.54 Å². The van der Waals surface area contributed by atoms with Gasteiger partial charge in [0.25, 0.3) is 6.43 Å². The molecule has 1 heterocycles. The molecule has 112 valence electrons. The van der Waals surface area contributed by atoms with Gasteiger partial charge in [0.15, 0.2) is 0 Å². The number of benzene rings is 2. The molecule has 0 bridgehead atoms. The van der Waals surface area contributed by atoms with E-state index < -0.39 is 6.43 Å². The average molecular weight is 300 g/mol. The van der Waals surface area contributed by atoms with Crippen LogP contribution in [0.2, 0.25) is 0 Å². The summed E-state index contributed by atoms with van der Waals surface area (Å²) in [5.41, 5.74) is 7.53. The maximum absolute atomic E-state index is 12.5. The Balaban J connectivity index is 1.76. The Morgan fingerprint density at radius 1 is 1.00 bits per heavy atom. The van der Waals surface area contributed by atoms with Crippen LogP contribution in [0.5, 0.6) is 0 Å². The van der Waals surface area contributed by atoms with Crippen LogP contribution in [-0.4, -0.2) is 9.97 Å². The van der Waals surface area contributed by atoms with Gasteiger partial charge >= 0.3 is 0 Å².